The maximum absolute atomic E-state index is 13.5. The molecule has 1 fully saturated rings. The second kappa shape index (κ2) is 6.22. The van der Waals surface area contributed by atoms with E-state index in [1.165, 1.54) is 18.9 Å². The van der Waals surface area contributed by atoms with Crippen molar-refractivity contribution in [3.05, 3.63) is 29.0 Å². The lowest BCUT2D eigenvalue weighted by Gasteiger charge is -2.22. The molecule has 2 rings (SSSR count). The highest BCUT2D eigenvalue weighted by Crippen LogP contribution is 2.24. The number of hydrogen-bond donors (Lipinski definition) is 1. The molecule has 1 unspecified atom stereocenters. The third-order valence-corrected chi connectivity index (χ3v) is 3.39. The molecule has 1 heterocycles. The molecule has 0 aliphatic carbocycles. The van der Waals surface area contributed by atoms with Gasteiger partial charge in [0, 0.05) is 0 Å². The van der Waals surface area contributed by atoms with E-state index in [9.17, 15) is 4.39 Å². The summed E-state index contributed by atoms with van der Waals surface area (Å²) in [5.74, 6) is 0.434. The Hall–Kier alpha value is -0.800. The summed E-state index contributed by atoms with van der Waals surface area (Å²) in [5, 5.41) is 3.47. The summed E-state index contributed by atoms with van der Waals surface area (Å²) >= 11 is 5.68. The zero-order valence-electron chi connectivity index (χ0n) is 9.72. The van der Waals surface area contributed by atoms with Crippen LogP contribution in [0.15, 0.2) is 18.2 Å². The standard InChI is InChI=1S/C13H17ClFNO/c14-11-4-1-5-12(13(11)15)17-8-6-10-3-2-7-16-9-10/h1,4-5,10,16H,2-3,6-9H2. The van der Waals surface area contributed by atoms with Gasteiger partial charge in [-0.25, -0.2) is 4.39 Å². The van der Waals surface area contributed by atoms with Gasteiger partial charge in [0.2, 0.25) is 0 Å². The van der Waals surface area contributed by atoms with Crippen molar-refractivity contribution >= 4 is 11.6 Å². The Morgan fingerprint density at radius 2 is 2.35 bits per heavy atom. The second-order valence-corrected chi connectivity index (χ2v) is 4.81. The number of hydrogen-bond acceptors (Lipinski definition) is 2. The first-order valence-electron chi connectivity index (χ1n) is 6.05. The lowest BCUT2D eigenvalue weighted by atomic mass is 9.97. The number of rotatable bonds is 4. The van der Waals surface area contributed by atoms with Crippen molar-refractivity contribution < 1.29 is 9.13 Å². The lowest BCUT2D eigenvalue weighted by molar-refractivity contribution is 0.246. The number of halogens is 2. The van der Waals surface area contributed by atoms with Gasteiger partial charge < -0.3 is 10.1 Å². The van der Waals surface area contributed by atoms with Crippen LogP contribution in [0.2, 0.25) is 5.02 Å². The van der Waals surface area contributed by atoms with Crippen molar-refractivity contribution in [2.45, 2.75) is 19.3 Å². The quantitative estimate of drug-likeness (QED) is 0.894. The molecule has 0 saturated carbocycles. The van der Waals surface area contributed by atoms with Gasteiger partial charge in [-0.3, -0.25) is 0 Å². The third kappa shape index (κ3) is 3.58. The van der Waals surface area contributed by atoms with E-state index in [2.05, 4.69) is 5.32 Å². The fourth-order valence-electron chi connectivity index (χ4n) is 2.10. The zero-order valence-corrected chi connectivity index (χ0v) is 10.5. The molecule has 94 valence electrons. The van der Waals surface area contributed by atoms with E-state index in [0.29, 0.717) is 12.5 Å². The molecular weight excluding hydrogens is 241 g/mol. The van der Waals surface area contributed by atoms with Gasteiger partial charge in [0.25, 0.3) is 0 Å². The summed E-state index contributed by atoms with van der Waals surface area (Å²) in [4.78, 5) is 0. The Balaban J connectivity index is 1.79. The van der Waals surface area contributed by atoms with Gasteiger partial charge in [0.05, 0.1) is 11.6 Å². The monoisotopic (exact) mass is 257 g/mol. The van der Waals surface area contributed by atoms with Crippen LogP contribution in [0.1, 0.15) is 19.3 Å². The highest BCUT2D eigenvalue weighted by molar-refractivity contribution is 6.30. The van der Waals surface area contributed by atoms with Crippen LogP contribution < -0.4 is 10.1 Å². The van der Waals surface area contributed by atoms with Crippen LogP contribution >= 0.6 is 11.6 Å². The Morgan fingerprint density at radius 3 is 3.12 bits per heavy atom. The molecule has 0 bridgehead atoms. The minimum Gasteiger partial charge on any atom is -0.490 e. The Bertz CT molecular complexity index is 366. The van der Waals surface area contributed by atoms with E-state index >= 15 is 0 Å². The highest BCUT2D eigenvalue weighted by Gasteiger charge is 2.13. The fraction of sp³-hybridized carbons (Fsp3) is 0.538. The zero-order chi connectivity index (χ0) is 12.1. The van der Waals surface area contributed by atoms with Gasteiger partial charge >= 0.3 is 0 Å². The first-order valence-corrected chi connectivity index (χ1v) is 6.42. The van der Waals surface area contributed by atoms with Crippen molar-refractivity contribution in [3.63, 3.8) is 0 Å². The summed E-state index contributed by atoms with van der Waals surface area (Å²) in [6, 6.07) is 4.83. The van der Waals surface area contributed by atoms with Crippen LogP contribution in [0.3, 0.4) is 0 Å². The number of nitrogens with one attached hydrogen (secondary N) is 1. The number of ether oxygens (including phenoxy) is 1. The molecule has 1 aromatic carbocycles. The maximum Gasteiger partial charge on any atom is 0.183 e. The molecule has 2 nitrogen and oxygen atoms in total. The molecule has 1 atom stereocenters. The van der Waals surface area contributed by atoms with Gasteiger partial charge in [0.15, 0.2) is 11.6 Å². The molecule has 4 heteroatoms. The lowest BCUT2D eigenvalue weighted by Crippen LogP contribution is -2.30. The van der Waals surface area contributed by atoms with Gasteiger partial charge in [-0.15, -0.1) is 0 Å². The van der Waals surface area contributed by atoms with E-state index in [1.54, 1.807) is 12.1 Å². The summed E-state index contributed by atoms with van der Waals surface area (Å²) in [5.41, 5.74) is 0. The molecule has 1 saturated heterocycles. The van der Waals surface area contributed by atoms with Gasteiger partial charge in [-0.2, -0.15) is 0 Å². The minimum absolute atomic E-state index is 0.113. The fourth-order valence-corrected chi connectivity index (χ4v) is 2.27. The van der Waals surface area contributed by atoms with Crippen molar-refractivity contribution in [3.8, 4) is 5.75 Å². The first-order chi connectivity index (χ1) is 8.27. The molecule has 1 N–H and O–H groups in total. The summed E-state index contributed by atoms with van der Waals surface area (Å²) < 4.78 is 18.9. The maximum atomic E-state index is 13.5. The number of benzene rings is 1. The van der Waals surface area contributed by atoms with Gasteiger partial charge in [-0.1, -0.05) is 17.7 Å². The summed E-state index contributed by atoms with van der Waals surface area (Å²) in [6.07, 6.45) is 3.41. The third-order valence-electron chi connectivity index (χ3n) is 3.10. The summed E-state index contributed by atoms with van der Waals surface area (Å²) in [7, 11) is 0. The molecule has 0 radical (unpaired) electrons. The van der Waals surface area contributed by atoms with E-state index in [4.69, 9.17) is 16.3 Å². The molecule has 0 amide bonds. The molecule has 1 aliphatic rings. The average molecular weight is 258 g/mol. The van der Waals surface area contributed by atoms with Gasteiger partial charge in [-0.05, 0) is 50.4 Å². The largest absolute Gasteiger partial charge is 0.490 e. The summed E-state index contributed by atoms with van der Waals surface area (Å²) in [6.45, 7) is 2.70. The minimum atomic E-state index is -0.462. The molecule has 0 aromatic heterocycles. The normalized spacial score (nSPS) is 20.2. The van der Waals surface area contributed by atoms with Crippen LogP contribution in [-0.4, -0.2) is 19.7 Å². The van der Waals surface area contributed by atoms with Crippen LogP contribution in [0, 0.1) is 11.7 Å². The molecule has 17 heavy (non-hydrogen) atoms. The van der Waals surface area contributed by atoms with E-state index in [0.717, 1.165) is 19.5 Å². The average Bonchev–Trinajstić information content (AvgIpc) is 2.36. The molecule has 1 aromatic rings. The van der Waals surface area contributed by atoms with E-state index in [-0.39, 0.29) is 10.8 Å². The van der Waals surface area contributed by atoms with E-state index in [1.807, 2.05) is 0 Å². The van der Waals surface area contributed by atoms with Gasteiger partial charge in [0.1, 0.15) is 0 Å². The molecule has 1 aliphatic heterocycles. The topological polar surface area (TPSA) is 21.3 Å². The van der Waals surface area contributed by atoms with Crippen LogP contribution in [0.5, 0.6) is 5.75 Å². The first kappa shape index (κ1) is 12.7. The van der Waals surface area contributed by atoms with Crippen LogP contribution in [0.25, 0.3) is 0 Å². The smallest absolute Gasteiger partial charge is 0.183 e. The van der Waals surface area contributed by atoms with Crippen molar-refractivity contribution in [2.24, 2.45) is 5.92 Å². The SMILES string of the molecule is Fc1c(Cl)cccc1OCCC1CCCNC1. The highest BCUT2D eigenvalue weighted by atomic mass is 35.5. The second-order valence-electron chi connectivity index (χ2n) is 4.40. The Morgan fingerprint density at radius 1 is 1.47 bits per heavy atom. The van der Waals surface area contributed by atoms with Crippen molar-refractivity contribution in [1.82, 2.24) is 5.32 Å². The van der Waals surface area contributed by atoms with E-state index < -0.39 is 5.82 Å². The van der Waals surface area contributed by atoms with Crippen LogP contribution in [-0.2, 0) is 0 Å². The Labute approximate surface area is 106 Å². The predicted octanol–water partition coefficient (Wildman–Crippen LogP) is 3.25. The molecular formula is C13H17ClFNO. The predicted molar refractivity (Wildman–Crippen MR) is 67.1 cm³/mol. The van der Waals surface area contributed by atoms with Crippen molar-refractivity contribution in [1.29, 1.82) is 0 Å². The Kier molecular flexibility index (Phi) is 4.63. The molecule has 0 spiro atoms. The van der Waals surface area contributed by atoms with Crippen LogP contribution in [0.4, 0.5) is 4.39 Å². The van der Waals surface area contributed by atoms with Crippen molar-refractivity contribution in [2.75, 3.05) is 19.7 Å². The number of piperidine rings is 1.